The Kier molecular flexibility index (Phi) is 3.05. The summed E-state index contributed by atoms with van der Waals surface area (Å²) >= 11 is 0. The third-order valence-corrected chi connectivity index (χ3v) is 7.82. The minimum absolute atomic E-state index is 0.00379. The van der Waals surface area contributed by atoms with Gasteiger partial charge in [0.05, 0.1) is 0 Å². The van der Waals surface area contributed by atoms with Crippen molar-refractivity contribution in [1.29, 1.82) is 0 Å². The average Bonchev–Trinajstić information content (AvgIpc) is 2.74. The van der Waals surface area contributed by atoms with Crippen molar-refractivity contribution in [1.82, 2.24) is 0 Å². The second-order valence-electron chi connectivity index (χ2n) is 8.71. The molecule has 25 heavy (non-hydrogen) atoms. The van der Waals surface area contributed by atoms with E-state index in [1.54, 1.807) is 0 Å². The number of carboxylic acids is 1. The molecule has 6 aliphatic rings. The summed E-state index contributed by atoms with van der Waals surface area (Å²) in [4.78, 5) is 27.0. The highest BCUT2D eigenvalue weighted by atomic mass is 17.2. The SMILES string of the molecule is C[C@@H]1CCC23C4OO[C@@]5(C)CCC41C2[C@H](OC(=NCC(=O)O)[C@@H]3C)O5. The zero-order chi connectivity index (χ0) is 17.6. The molecule has 138 valence electrons. The van der Waals surface area contributed by atoms with Crippen molar-refractivity contribution in [2.75, 3.05) is 6.54 Å². The Morgan fingerprint density at radius 1 is 1.28 bits per heavy atom. The first-order chi connectivity index (χ1) is 11.8. The number of hydrogen-bond donors (Lipinski definition) is 1. The Hall–Kier alpha value is -1.18. The van der Waals surface area contributed by atoms with Crippen molar-refractivity contribution in [3.8, 4) is 0 Å². The maximum Gasteiger partial charge on any atom is 0.325 e. The molecule has 7 heteroatoms. The molecule has 6 fully saturated rings. The normalized spacial score (nSPS) is 57.2. The lowest BCUT2D eigenvalue weighted by Crippen LogP contribution is -2.81. The summed E-state index contributed by atoms with van der Waals surface area (Å²) in [6.45, 7) is 6.00. The molecule has 3 aliphatic carbocycles. The van der Waals surface area contributed by atoms with Crippen LogP contribution in [0.1, 0.15) is 46.5 Å². The first-order valence-corrected chi connectivity index (χ1v) is 9.28. The van der Waals surface area contributed by atoms with Gasteiger partial charge in [-0.25, -0.2) is 14.8 Å². The Morgan fingerprint density at radius 3 is 2.84 bits per heavy atom. The second-order valence-corrected chi connectivity index (χ2v) is 8.71. The second kappa shape index (κ2) is 4.75. The highest BCUT2D eigenvalue weighted by Gasteiger charge is 2.83. The van der Waals surface area contributed by atoms with Crippen LogP contribution in [0.5, 0.6) is 0 Å². The van der Waals surface area contributed by atoms with E-state index in [4.69, 9.17) is 24.4 Å². The van der Waals surface area contributed by atoms with Crippen molar-refractivity contribution in [2.24, 2.45) is 33.6 Å². The summed E-state index contributed by atoms with van der Waals surface area (Å²) in [5.41, 5.74) is -0.123. The van der Waals surface area contributed by atoms with Crippen LogP contribution in [0.3, 0.4) is 0 Å². The molecule has 7 nitrogen and oxygen atoms in total. The van der Waals surface area contributed by atoms with Gasteiger partial charge in [-0.15, -0.1) is 0 Å². The summed E-state index contributed by atoms with van der Waals surface area (Å²) in [7, 11) is 0. The van der Waals surface area contributed by atoms with Gasteiger partial charge in [-0.05, 0) is 32.1 Å². The predicted molar refractivity (Wildman–Crippen MR) is 85.4 cm³/mol. The van der Waals surface area contributed by atoms with Gasteiger partial charge in [0.1, 0.15) is 12.6 Å². The van der Waals surface area contributed by atoms with E-state index < -0.39 is 18.0 Å². The topological polar surface area (TPSA) is 86.6 Å². The summed E-state index contributed by atoms with van der Waals surface area (Å²) in [5.74, 6) is -0.530. The minimum atomic E-state index is -0.960. The summed E-state index contributed by atoms with van der Waals surface area (Å²) in [6, 6.07) is 0. The van der Waals surface area contributed by atoms with Crippen molar-refractivity contribution in [3.05, 3.63) is 0 Å². The van der Waals surface area contributed by atoms with Crippen LogP contribution in [0, 0.1) is 28.6 Å². The van der Waals surface area contributed by atoms with Crippen LogP contribution >= 0.6 is 0 Å². The van der Waals surface area contributed by atoms with E-state index in [0.29, 0.717) is 11.8 Å². The molecule has 3 aliphatic heterocycles. The number of ether oxygens (including phenoxy) is 2. The number of carbonyl (C=O) groups is 1. The molecule has 1 N–H and O–H groups in total. The number of rotatable bonds is 2. The first kappa shape index (κ1) is 16.0. The standard InChI is InChI=1S/C18H25NO6/c1-9-4-5-18-10(2)13(19-8-11(20)21)22-14-12(18)17(9)7-6-16(3,23-14)25-24-15(17)18/h9-10,12,14-15H,4-8H2,1-3H3,(H,20,21)/t9-,10+,12?,14-,15?,16+,17?,18?/m1/s1. The zero-order valence-corrected chi connectivity index (χ0v) is 14.9. The molecule has 0 aromatic heterocycles. The third kappa shape index (κ3) is 1.72. The van der Waals surface area contributed by atoms with Crippen LogP contribution in [-0.2, 0) is 24.0 Å². The number of fused-ring (bicyclic) bond motifs is 4. The first-order valence-electron chi connectivity index (χ1n) is 9.28. The van der Waals surface area contributed by atoms with Gasteiger partial charge in [0, 0.05) is 29.1 Å². The minimum Gasteiger partial charge on any atom is -0.480 e. The van der Waals surface area contributed by atoms with E-state index in [1.165, 1.54) is 0 Å². The van der Waals surface area contributed by atoms with Crippen molar-refractivity contribution < 1.29 is 29.1 Å². The van der Waals surface area contributed by atoms with Gasteiger partial charge >= 0.3 is 5.97 Å². The van der Waals surface area contributed by atoms with Crippen LogP contribution in [0.2, 0.25) is 0 Å². The number of hydrogen-bond acceptors (Lipinski definition) is 6. The van der Waals surface area contributed by atoms with Crippen molar-refractivity contribution in [3.63, 3.8) is 0 Å². The lowest BCUT2D eigenvalue weighted by molar-refractivity contribution is -0.540. The molecule has 0 aromatic rings. The molecule has 2 spiro atoms. The average molecular weight is 351 g/mol. The Bertz CT molecular complexity index is 666. The van der Waals surface area contributed by atoms with Crippen molar-refractivity contribution in [2.45, 2.75) is 64.6 Å². The van der Waals surface area contributed by atoms with E-state index in [0.717, 1.165) is 25.7 Å². The summed E-state index contributed by atoms with van der Waals surface area (Å²) in [5, 5.41) is 9.00. The number of aliphatic carboxylic acids is 1. The Morgan fingerprint density at radius 2 is 2.08 bits per heavy atom. The van der Waals surface area contributed by atoms with E-state index in [2.05, 4.69) is 18.8 Å². The van der Waals surface area contributed by atoms with E-state index >= 15 is 0 Å². The van der Waals surface area contributed by atoms with E-state index in [9.17, 15) is 4.79 Å². The molecule has 0 aromatic carbocycles. The molecule has 3 bridgehead atoms. The van der Waals surface area contributed by atoms with Gasteiger partial charge in [-0.1, -0.05) is 13.8 Å². The molecule has 0 amide bonds. The van der Waals surface area contributed by atoms with Gasteiger partial charge in [0.2, 0.25) is 12.1 Å². The summed E-state index contributed by atoms with van der Waals surface area (Å²) < 4.78 is 12.4. The van der Waals surface area contributed by atoms with Gasteiger partial charge in [-0.3, -0.25) is 4.79 Å². The maximum atomic E-state index is 11.0. The Labute approximate surface area is 146 Å². The molecule has 3 saturated heterocycles. The maximum absolute atomic E-state index is 11.0. The van der Waals surface area contributed by atoms with Gasteiger partial charge in [-0.2, -0.15) is 0 Å². The highest BCUT2D eigenvalue weighted by Crippen LogP contribution is 2.79. The van der Waals surface area contributed by atoms with Crippen LogP contribution in [0.4, 0.5) is 0 Å². The monoisotopic (exact) mass is 351 g/mol. The summed E-state index contributed by atoms with van der Waals surface area (Å²) in [6.07, 6.45) is 3.47. The highest BCUT2D eigenvalue weighted by molar-refractivity contribution is 5.83. The third-order valence-electron chi connectivity index (χ3n) is 7.82. The lowest BCUT2D eigenvalue weighted by atomic mass is 9.31. The van der Waals surface area contributed by atoms with Gasteiger partial charge in [0.25, 0.3) is 0 Å². The quantitative estimate of drug-likeness (QED) is 0.769. The predicted octanol–water partition coefficient (Wildman–Crippen LogP) is 2.35. The molecular formula is C18H25NO6. The number of nitrogens with zero attached hydrogens (tertiary/aromatic N) is 1. The fourth-order valence-electron chi connectivity index (χ4n) is 6.64. The zero-order valence-electron chi connectivity index (χ0n) is 14.9. The van der Waals surface area contributed by atoms with E-state index in [-0.39, 0.29) is 35.3 Å². The Balaban J connectivity index is 1.63. The van der Waals surface area contributed by atoms with Crippen molar-refractivity contribution >= 4 is 11.9 Å². The van der Waals surface area contributed by atoms with Crippen LogP contribution in [-0.4, -0.2) is 41.7 Å². The van der Waals surface area contributed by atoms with Crippen LogP contribution in [0.25, 0.3) is 0 Å². The molecular weight excluding hydrogens is 326 g/mol. The largest absolute Gasteiger partial charge is 0.480 e. The van der Waals surface area contributed by atoms with Gasteiger partial charge in [0.15, 0.2) is 5.90 Å². The lowest BCUT2D eigenvalue weighted by Gasteiger charge is -2.76. The molecule has 4 unspecified atom stereocenters. The fraction of sp³-hybridized carbons (Fsp3) is 0.889. The molecule has 6 rings (SSSR count). The van der Waals surface area contributed by atoms with E-state index in [1.807, 2.05) is 6.92 Å². The van der Waals surface area contributed by atoms with Gasteiger partial charge < -0.3 is 14.6 Å². The van der Waals surface area contributed by atoms with Crippen LogP contribution in [0.15, 0.2) is 4.99 Å². The molecule has 8 atom stereocenters. The number of aliphatic imine (C=N–C) groups is 1. The molecule has 0 radical (unpaired) electrons. The molecule has 3 saturated carbocycles. The fourth-order valence-corrected chi connectivity index (χ4v) is 6.64. The number of carboxylic acid groups (broad SMARTS) is 1. The smallest absolute Gasteiger partial charge is 0.325 e. The molecule has 3 heterocycles. The van der Waals surface area contributed by atoms with Crippen LogP contribution < -0.4 is 0 Å².